The van der Waals surface area contributed by atoms with Crippen LogP contribution in [-0.4, -0.2) is 82.4 Å². The third-order valence-electron chi connectivity index (χ3n) is 8.12. The lowest BCUT2D eigenvalue weighted by molar-refractivity contribution is -0.664. The van der Waals surface area contributed by atoms with Crippen molar-refractivity contribution in [2.75, 3.05) is 56.9 Å². The Kier molecular flexibility index (Phi) is 10.8. The van der Waals surface area contributed by atoms with Gasteiger partial charge in [0.1, 0.15) is 17.5 Å². The van der Waals surface area contributed by atoms with E-state index in [-0.39, 0.29) is 23.2 Å². The number of pyridine rings is 1. The first-order valence-electron chi connectivity index (χ1n) is 15.2. The average molecular weight is 615 g/mol. The van der Waals surface area contributed by atoms with Crippen molar-refractivity contribution in [3.8, 4) is 17.3 Å². The maximum absolute atomic E-state index is 13.0. The van der Waals surface area contributed by atoms with E-state index in [9.17, 15) is 14.9 Å². The average Bonchev–Trinajstić information content (AvgIpc) is 3.03. The van der Waals surface area contributed by atoms with Gasteiger partial charge in [-0.1, -0.05) is 30.0 Å². The number of nitrogens with one attached hydrogen (secondary N) is 1. The van der Waals surface area contributed by atoms with E-state index in [1.165, 1.54) is 51.2 Å². The van der Waals surface area contributed by atoms with E-state index >= 15 is 0 Å². The lowest BCUT2D eigenvalue weighted by Crippen LogP contribution is -2.86. The van der Waals surface area contributed by atoms with Crippen molar-refractivity contribution in [1.29, 1.82) is 5.26 Å². The fraction of sp³-hybridized carbons (Fsp3) is 0.438. The molecule has 2 amide bonds. The molecule has 4 heterocycles. The van der Waals surface area contributed by atoms with Gasteiger partial charge in [-0.05, 0) is 36.6 Å². The van der Waals surface area contributed by atoms with Gasteiger partial charge in [-0.25, -0.2) is 9.97 Å². The van der Waals surface area contributed by atoms with Crippen molar-refractivity contribution in [2.24, 2.45) is 5.92 Å². The molecule has 5 rings (SSSR count). The summed E-state index contributed by atoms with van der Waals surface area (Å²) >= 11 is 1.38. The van der Waals surface area contributed by atoms with E-state index < -0.39 is 0 Å². The van der Waals surface area contributed by atoms with Crippen molar-refractivity contribution >= 4 is 35.1 Å². The number of anilines is 2. The van der Waals surface area contributed by atoms with E-state index in [2.05, 4.69) is 31.6 Å². The number of rotatable bonds is 10. The molecule has 0 aliphatic carbocycles. The van der Waals surface area contributed by atoms with Gasteiger partial charge in [0.05, 0.1) is 24.5 Å². The van der Waals surface area contributed by atoms with Crippen molar-refractivity contribution in [1.82, 2.24) is 24.8 Å². The van der Waals surface area contributed by atoms with Crippen molar-refractivity contribution < 1.29 is 14.9 Å². The third-order valence-corrected chi connectivity index (χ3v) is 9.00. The number of aromatic nitrogens is 3. The zero-order chi connectivity index (χ0) is 30.9. The largest absolute Gasteiger partial charge is 0.382 e. The number of amides is 2. The minimum Gasteiger partial charge on any atom is -0.382 e. The smallest absolute Gasteiger partial charge is 0.223 e. The summed E-state index contributed by atoms with van der Waals surface area (Å²) < 4.78 is 0. The summed E-state index contributed by atoms with van der Waals surface area (Å²) in [6.07, 6.45) is 3.64. The normalized spacial score (nSPS) is 16.0. The van der Waals surface area contributed by atoms with E-state index in [0.29, 0.717) is 40.7 Å². The van der Waals surface area contributed by atoms with E-state index in [1.54, 1.807) is 24.3 Å². The summed E-state index contributed by atoms with van der Waals surface area (Å²) in [4.78, 5) is 42.6. The first-order valence-corrected chi connectivity index (χ1v) is 16.2. The number of thioether (sulfide) groups is 1. The molecular formula is C32H40N9O2S+. The Morgan fingerprint density at radius 3 is 2.48 bits per heavy atom. The number of hydrogen-bond donors (Lipinski definition) is 3. The Labute approximate surface area is 262 Å². The molecule has 1 aromatic carbocycles. The quantitative estimate of drug-likeness (QED) is 0.230. The number of carbonyl (C=O) groups excluding carboxylic acids is 2. The van der Waals surface area contributed by atoms with Crippen LogP contribution in [-0.2, 0) is 21.8 Å². The fourth-order valence-electron chi connectivity index (χ4n) is 5.76. The molecule has 44 heavy (non-hydrogen) atoms. The molecule has 230 valence electrons. The van der Waals surface area contributed by atoms with Crippen LogP contribution >= 0.6 is 11.8 Å². The number of aryl methyl sites for hydroxylation is 1. The number of benzene rings is 1. The molecule has 5 N–H and O–H groups in total. The van der Waals surface area contributed by atoms with Crippen LogP contribution in [0.2, 0.25) is 0 Å². The van der Waals surface area contributed by atoms with Crippen molar-refractivity contribution in [3.05, 3.63) is 59.4 Å². The minimum atomic E-state index is -0.165. The lowest BCUT2D eigenvalue weighted by atomic mass is 9.97. The Morgan fingerprint density at radius 1 is 1.05 bits per heavy atom. The second-order valence-electron chi connectivity index (χ2n) is 11.4. The van der Waals surface area contributed by atoms with Crippen LogP contribution in [0, 0.1) is 17.2 Å². The molecule has 0 spiro atoms. The number of piperazine rings is 1. The van der Waals surface area contributed by atoms with Gasteiger partial charge in [-0.2, -0.15) is 5.26 Å². The predicted octanol–water partition coefficient (Wildman–Crippen LogP) is 2.29. The number of hydrogen-bond acceptors (Lipinski definition) is 9. The Balaban J connectivity index is 1.14. The molecule has 0 bridgehead atoms. The summed E-state index contributed by atoms with van der Waals surface area (Å²) in [5, 5.41) is 15.3. The summed E-state index contributed by atoms with van der Waals surface area (Å²) in [6.45, 7) is 8.63. The molecular weight excluding hydrogens is 574 g/mol. The van der Waals surface area contributed by atoms with Crippen LogP contribution in [0.3, 0.4) is 0 Å². The number of carbonyl (C=O) groups is 2. The van der Waals surface area contributed by atoms with Gasteiger partial charge in [0.15, 0.2) is 5.16 Å². The maximum Gasteiger partial charge on any atom is 0.223 e. The van der Waals surface area contributed by atoms with Gasteiger partial charge >= 0.3 is 0 Å². The third kappa shape index (κ3) is 8.53. The fourth-order valence-corrected chi connectivity index (χ4v) is 6.52. The highest BCUT2D eigenvalue weighted by Gasteiger charge is 2.24. The van der Waals surface area contributed by atoms with Crippen molar-refractivity contribution in [3.63, 3.8) is 0 Å². The summed E-state index contributed by atoms with van der Waals surface area (Å²) in [5.41, 5.74) is 9.85. The number of nitriles is 1. The molecule has 2 aromatic heterocycles. The van der Waals surface area contributed by atoms with Crippen LogP contribution in [0.4, 0.5) is 11.5 Å². The second kappa shape index (κ2) is 15.1. The Morgan fingerprint density at radius 2 is 1.77 bits per heavy atom. The molecule has 2 saturated heterocycles. The second-order valence-corrected chi connectivity index (χ2v) is 12.3. The number of piperidine rings is 1. The van der Waals surface area contributed by atoms with Crippen molar-refractivity contribution in [2.45, 2.75) is 43.5 Å². The zero-order valence-electron chi connectivity index (χ0n) is 25.2. The van der Waals surface area contributed by atoms with E-state index in [0.717, 1.165) is 43.5 Å². The molecule has 0 radical (unpaired) electrons. The van der Waals surface area contributed by atoms with Gasteiger partial charge in [0, 0.05) is 81.6 Å². The molecule has 2 aliphatic rings. The predicted molar refractivity (Wildman–Crippen MR) is 170 cm³/mol. The van der Waals surface area contributed by atoms with Crippen LogP contribution in [0.1, 0.15) is 43.1 Å². The van der Waals surface area contributed by atoms with E-state index in [4.69, 9.17) is 10.7 Å². The molecule has 2 fully saturated rings. The van der Waals surface area contributed by atoms with Gasteiger partial charge < -0.3 is 21.3 Å². The number of quaternary nitrogens is 1. The topological polar surface area (TPSA) is 158 Å². The number of nitrogens with two attached hydrogens (primary N) is 2. The van der Waals surface area contributed by atoms with Crippen LogP contribution in [0.25, 0.3) is 11.3 Å². The number of nitrogens with zero attached hydrogens (tertiary/aromatic N) is 6. The summed E-state index contributed by atoms with van der Waals surface area (Å²) in [7, 11) is 0. The van der Waals surface area contributed by atoms with Gasteiger partial charge in [0.2, 0.25) is 11.8 Å². The molecule has 2 aliphatic heterocycles. The molecule has 0 atom stereocenters. The molecule has 0 unspecified atom stereocenters. The summed E-state index contributed by atoms with van der Waals surface area (Å²) in [6, 6.07) is 15.0. The van der Waals surface area contributed by atoms with Gasteiger partial charge in [0.25, 0.3) is 0 Å². The van der Waals surface area contributed by atoms with Gasteiger partial charge in [-0.3, -0.25) is 19.5 Å². The minimum absolute atomic E-state index is 0.111. The highest BCUT2D eigenvalue weighted by Crippen LogP contribution is 2.29. The monoisotopic (exact) mass is 614 g/mol. The molecule has 12 heteroatoms. The van der Waals surface area contributed by atoms with Crippen LogP contribution in [0.15, 0.2) is 47.6 Å². The lowest BCUT2D eigenvalue weighted by Gasteiger charge is -2.37. The van der Waals surface area contributed by atoms with Crippen LogP contribution < -0.4 is 16.4 Å². The molecule has 3 aromatic rings. The Hall–Kier alpha value is -4.05. The van der Waals surface area contributed by atoms with Gasteiger partial charge in [-0.15, -0.1) is 0 Å². The highest BCUT2D eigenvalue weighted by molar-refractivity contribution is 7.98. The van der Waals surface area contributed by atoms with E-state index in [1.807, 2.05) is 23.1 Å². The standard InChI is InChI=1S/C32H39N9O2S/c1-22(42)36-26-7-5-24(6-8-26)30-28(19-33)31(34)39-32(38-30)44-21-27-4-2-3-25(37-27)9-10-29(43)41-17-15-40(16-18-41)20-23-11-13-35-14-12-23/h2-8,23,35H,9-18,20-21H2,1H3,(H,36,42)(H2,34,38,39)/p+1. The maximum atomic E-state index is 13.0. The zero-order valence-corrected chi connectivity index (χ0v) is 26.0. The highest BCUT2D eigenvalue weighted by atomic mass is 32.2. The summed E-state index contributed by atoms with van der Waals surface area (Å²) in [5.74, 6) is 1.45. The molecule has 0 saturated carbocycles. The Bertz CT molecular complexity index is 1490. The first-order chi connectivity index (χ1) is 21.4. The number of nitrogen functional groups attached to an aromatic ring is 1. The SMILES string of the molecule is CC(=O)Nc1ccc(-c2nc(SCc3cccc(CCC(=O)N4CCN(CC5CC[NH2+]CC5)CC4)n3)nc(N)c2C#N)cc1. The van der Waals surface area contributed by atoms with Crippen LogP contribution in [0.5, 0.6) is 0 Å². The molecule has 11 nitrogen and oxygen atoms in total. The first kappa shape index (κ1) is 31.4.